The summed E-state index contributed by atoms with van der Waals surface area (Å²) < 4.78 is 23.0. The van der Waals surface area contributed by atoms with Gasteiger partial charge in [-0.2, -0.15) is 0 Å². The lowest BCUT2D eigenvalue weighted by atomic mass is 10.1. The minimum absolute atomic E-state index is 0.0254. The lowest BCUT2D eigenvalue weighted by Gasteiger charge is -2.29. The average Bonchev–Trinajstić information content (AvgIpc) is 3.07. The summed E-state index contributed by atoms with van der Waals surface area (Å²) in [6, 6.07) is -0.940. The molecule has 3 atom stereocenters. The van der Waals surface area contributed by atoms with Crippen molar-refractivity contribution in [1.29, 1.82) is 0 Å². The number of rotatable bonds is 34. The minimum Gasteiger partial charge on any atom is -0.756 e. The van der Waals surface area contributed by atoms with Crippen LogP contribution in [0.1, 0.15) is 122 Å². The number of amides is 1. The van der Waals surface area contributed by atoms with E-state index in [9.17, 15) is 19.4 Å². The number of quaternary nitrogens is 1. The molecule has 0 aliphatic rings. The van der Waals surface area contributed by atoms with Crippen LogP contribution in [0.4, 0.5) is 0 Å². The summed E-state index contributed by atoms with van der Waals surface area (Å²) in [6.07, 6.45) is 41.1. The standard InChI is InChI=1S/C41H73N2O7P/c1-5-6-7-8-9-10-18-21-24-27-30-33-40(45)39(38-50-51(47,48)49-37-35-43(2,3)4)42-41(46)34-31-28-25-22-19-16-14-12-11-13-15-17-20-23-26-29-32-36-44/h11,13-14,16-18,20-22,25,30,33,39-40,44-45H,5-10,12,15,19,23-24,26-29,31-32,34-38H2,1-4H3,(H-,42,46,47,48)/b13-11-,16-14-,20-17-,21-18-,25-22-,33-30+/t39-,40+/m0/s1. The van der Waals surface area contributed by atoms with Crippen LogP contribution in [0.25, 0.3) is 0 Å². The number of aliphatic hydroxyl groups excluding tert-OH is 2. The quantitative estimate of drug-likeness (QED) is 0.0262. The number of aliphatic hydroxyl groups is 2. The lowest BCUT2D eigenvalue weighted by Crippen LogP contribution is -2.45. The van der Waals surface area contributed by atoms with Gasteiger partial charge in [-0.15, -0.1) is 0 Å². The highest BCUT2D eigenvalue weighted by molar-refractivity contribution is 7.45. The van der Waals surface area contributed by atoms with Gasteiger partial charge in [0, 0.05) is 13.0 Å². The van der Waals surface area contributed by atoms with Crippen LogP contribution in [0.15, 0.2) is 72.9 Å². The van der Waals surface area contributed by atoms with Gasteiger partial charge in [0.05, 0.1) is 39.9 Å². The van der Waals surface area contributed by atoms with E-state index in [0.717, 1.165) is 70.6 Å². The Balaban J connectivity index is 4.65. The van der Waals surface area contributed by atoms with Gasteiger partial charge in [-0.05, 0) is 77.0 Å². The van der Waals surface area contributed by atoms with Crippen LogP contribution in [-0.2, 0) is 18.4 Å². The van der Waals surface area contributed by atoms with Gasteiger partial charge >= 0.3 is 0 Å². The molecule has 0 aromatic heterocycles. The summed E-state index contributed by atoms with van der Waals surface area (Å²) in [4.78, 5) is 25.1. The zero-order chi connectivity index (χ0) is 37.9. The van der Waals surface area contributed by atoms with E-state index in [1.165, 1.54) is 32.1 Å². The first-order chi connectivity index (χ1) is 24.5. The Morgan fingerprint density at radius 2 is 1.24 bits per heavy atom. The summed E-state index contributed by atoms with van der Waals surface area (Å²) in [6.45, 7) is 2.52. The van der Waals surface area contributed by atoms with Gasteiger partial charge in [0.15, 0.2) is 0 Å². The van der Waals surface area contributed by atoms with Crippen LogP contribution in [-0.4, -0.2) is 80.3 Å². The Bertz CT molecular complexity index is 1060. The monoisotopic (exact) mass is 737 g/mol. The van der Waals surface area contributed by atoms with E-state index in [1.54, 1.807) is 6.08 Å². The lowest BCUT2D eigenvalue weighted by molar-refractivity contribution is -0.870. The molecule has 10 heteroatoms. The van der Waals surface area contributed by atoms with Crippen LogP contribution in [0.5, 0.6) is 0 Å². The Morgan fingerprint density at radius 1 is 0.725 bits per heavy atom. The third-order valence-corrected chi connectivity index (χ3v) is 8.91. The molecule has 0 spiro atoms. The molecule has 0 aromatic rings. The van der Waals surface area contributed by atoms with Crippen molar-refractivity contribution in [2.75, 3.05) is 47.5 Å². The zero-order valence-electron chi connectivity index (χ0n) is 32.5. The van der Waals surface area contributed by atoms with E-state index in [0.29, 0.717) is 17.4 Å². The Labute approximate surface area is 311 Å². The Hall–Kier alpha value is -2.10. The van der Waals surface area contributed by atoms with Gasteiger partial charge in [-0.3, -0.25) is 9.36 Å². The van der Waals surface area contributed by atoms with Gasteiger partial charge in [0.1, 0.15) is 13.2 Å². The smallest absolute Gasteiger partial charge is 0.268 e. The molecular formula is C41H73N2O7P. The molecule has 9 nitrogen and oxygen atoms in total. The number of nitrogens with one attached hydrogen (secondary N) is 1. The highest BCUT2D eigenvalue weighted by atomic mass is 31.2. The number of allylic oxidation sites excluding steroid dienone is 11. The highest BCUT2D eigenvalue weighted by Gasteiger charge is 2.23. The van der Waals surface area contributed by atoms with E-state index in [4.69, 9.17) is 14.2 Å². The van der Waals surface area contributed by atoms with Crippen molar-refractivity contribution in [3.8, 4) is 0 Å². The van der Waals surface area contributed by atoms with E-state index in [2.05, 4.69) is 73.0 Å². The summed E-state index contributed by atoms with van der Waals surface area (Å²) in [5, 5.41) is 22.4. The summed E-state index contributed by atoms with van der Waals surface area (Å²) in [5.41, 5.74) is 0. The number of hydrogen-bond donors (Lipinski definition) is 3. The molecule has 0 aromatic carbocycles. The number of carbonyl (C=O) groups excluding carboxylic acids is 1. The molecule has 0 saturated heterocycles. The molecule has 1 amide bonds. The fraction of sp³-hybridized carbons (Fsp3) is 0.683. The van der Waals surface area contributed by atoms with E-state index in [-0.39, 0.29) is 25.5 Å². The first-order valence-electron chi connectivity index (χ1n) is 19.4. The maximum Gasteiger partial charge on any atom is 0.268 e. The first-order valence-corrected chi connectivity index (χ1v) is 20.9. The van der Waals surface area contributed by atoms with Crippen molar-refractivity contribution in [1.82, 2.24) is 5.32 Å². The number of phosphoric acid groups is 1. The van der Waals surface area contributed by atoms with Crippen LogP contribution < -0.4 is 10.2 Å². The maximum absolute atomic E-state index is 12.8. The molecule has 0 rings (SSSR count). The molecule has 0 fully saturated rings. The number of carbonyl (C=O) groups is 1. The minimum atomic E-state index is -4.61. The summed E-state index contributed by atoms with van der Waals surface area (Å²) in [7, 11) is 1.17. The molecular weight excluding hydrogens is 663 g/mol. The number of phosphoric ester groups is 1. The van der Waals surface area contributed by atoms with Crippen LogP contribution in [0.2, 0.25) is 0 Å². The molecule has 51 heavy (non-hydrogen) atoms. The van der Waals surface area contributed by atoms with Crippen molar-refractivity contribution in [3.05, 3.63) is 72.9 Å². The summed E-state index contributed by atoms with van der Waals surface area (Å²) >= 11 is 0. The molecule has 294 valence electrons. The van der Waals surface area contributed by atoms with Crippen LogP contribution in [0, 0.1) is 0 Å². The molecule has 0 aliphatic heterocycles. The summed E-state index contributed by atoms with van der Waals surface area (Å²) in [5.74, 6) is -0.277. The molecule has 1 unspecified atom stereocenters. The normalized spacial score (nSPS) is 15.4. The predicted molar refractivity (Wildman–Crippen MR) is 211 cm³/mol. The molecule has 0 heterocycles. The average molecular weight is 737 g/mol. The largest absolute Gasteiger partial charge is 0.756 e. The highest BCUT2D eigenvalue weighted by Crippen LogP contribution is 2.38. The molecule has 0 radical (unpaired) electrons. The Morgan fingerprint density at radius 3 is 1.82 bits per heavy atom. The fourth-order valence-electron chi connectivity index (χ4n) is 4.78. The van der Waals surface area contributed by atoms with E-state index in [1.807, 2.05) is 27.2 Å². The second-order valence-corrected chi connectivity index (χ2v) is 15.4. The van der Waals surface area contributed by atoms with Crippen molar-refractivity contribution in [2.45, 2.75) is 135 Å². The third-order valence-electron chi connectivity index (χ3n) is 7.94. The maximum atomic E-state index is 12.8. The molecule has 0 aliphatic carbocycles. The number of unbranched alkanes of at least 4 members (excludes halogenated alkanes) is 10. The van der Waals surface area contributed by atoms with Gasteiger partial charge in [-0.25, -0.2) is 0 Å². The fourth-order valence-corrected chi connectivity index (χ4v) is 5.51. The van der Waals surface area contributed by atoms with Gasteiger partial charge < -0.3 is 34.0 Å². The first kappa shape index (κ1) is 48.9. The van der Waals surface area contributed by atoms with Gasteiger partial charge in [0.25, 0.3) is 7.82 Å². The number of nitrogens with zero attached hydrogens (tertiary/aromatic N) is 1. The predicted octanol–water partition coefficient (Wildman–Crippen LogP) is 8.41. The zero-order valence-corrected chi connectivity index (χ0v) is 33.4. The van der Waals surface area contributed by atoms with Crippen molar-refractivity contribution < 1.29 is 38.0 Å². The Kier molecular flexibility index (Phi) is 32.3. The number of likely N-dealkylation sites (N-methyl/N-ethyl adjacent to an activating group) is 1. The van der Waals surface area contributed by atoms with Crippen molar-refractivity contribution in [3.63, 3.8) is 0 Å². The third kappa shape index (κ3) is 36.1. The second-order valence-electron chi connectivity index (χ2n) is 14.0. The second kappa shape index (κ2) is 33.7. The molecule has 0 saturated carbocycles. The van der Waals surface area contributed by atoms with Crippen molar-refractivity contribution >= 4 is 13.7 Å². The SMILES string of the molecule is CCCCCCC/C=C\CC/C=C/[C@@H](O)[C@H](COP(=O)([O-])OCC[N+](C)(C)C)NC(=O)CCC/C=C\C/C=C\C/C=C\C/C=C\CCCCCO. The van der Waals surface area contributed by atoms with Gasteiger partial charge in [0.2, 0.25) is 5.91 Å². The molecule has 0 bridgehead atoms. The van der Waals surface area contributed by atoms with E-state index >= 15 is 0 Å². The number of hydrogen-bond acceptors (Lipinski definition) is 7. The van der Waals surface area contributed by atoms with E-state index < -0.39 is 26.6 Å². The van der Waals surface area contributed by atoms with Crippen LogP contribution in [0.3, 0.4) is 0 Å². The van der Waals surface area contributed by atoms with Crippen LogP contribution >= 0.6 is 7.82 Å². The topological polar surface area (TPSA) is 128 Å². The van der Waals surface area contributed by atoms with Crippen molar-refractivity contribution in [2.24, 2.45) is 0 Å². The van der Waals surface area contributed by atoms with Gasteiger partial charge in [-0.1, -0.05) is 112 Å². The molecule has 3 N–H and O–H groups in total.